The first-order valence-electron chi connectivity index (χ1n) is 8.02. The van der Waals surface area contributed by atoms with Crippen molar-refractivity contribution in [2.45, 2.75) is 18.8 Å². The van der Waals surface area contributed by atoms with Crippen molar-refractivity contribution in [2.24, 2.45) is 0 Å². The van der Waals surface area contributed by atoms with Crippen LogP contribution in [0.3, 0.4) is 0 Å². The molecule has 2 aromatic heterocycles. The molecule has 0 radical (unpaired) electrons. The molecule has 0 aliphatic carbocycles. The molecule has 1 saturated heterocycles. The zero-order valence-corrected chi connectivity index (χ0v) is 13.2. The van der Waals surface area contributed by atoms with E-state index in [1.807, 2.05) is 6.07 Å². The number of ether oxygens (including phenoxy) is 1. The average Bonchev–Trinajstić information content (AvgIpc) is 3.06. The summed E-state index contributed by atoms with van der Waals surface area (Å²) in [6.07, 6.45) is 6.01. The summed E-state index contributed by atoms with van der Waals surface area (Å²) in [4.78, 5) is 14.2. The molecule has 1 aliphatic heterocycles. The zero-order chi connectivity index (χ0) is 15.6. The Hall–Kier alpha value is -2.56. The maximum absolute atomic E-state index is 5.19. The molecular formula is C18H20N4O. The van der Waals surface area contributed by atoms with Gasteiger partial charge < -0.3 is 14.6 Å². The molecule has 0 spiro atoms. The Morgan fingerprint density at radius 1 is 1.17 bits per heavy atom. The van der Waals surface area contributed by atoms with Crippen LogP contribution in [0.2, 0.25) is 0 Å². The van der Waals surface area contributed by atoms with Crippen molar-refractivity contribution < 1.29 is 4.74 Å². The van der Waals surface area contributed by atoms with Gasteiger partial charge in [-0.3, -0.25) is 0 Å². The first kappa shape index (κ1) is 14.1. The van der Waals surface area contributed by atoms with Crippen LogP contribution in [0, 0.1) is 0 Å². The van der Waals surface area contributed by atoms with Gasteiger partial charge in [0.15, 0.2) is 0 Å². The summed E-state index contributed by atoms with van der Waals surface area (Å²) in [7, 11) is 1.63. The molecule has 118 valence electrons. The molecule has 4 rings (SSSR count). The Labute approximate surface area is 135 Å². The number of aromatic amines is 1. The first-order chi connectivity index (χ1) is 11.3. The second kappa shape index (κ2) is 5.91. The minimum Gasteiger partial charge on any atom is -0.481 e. The van der Waals surface area contributed by atoms with E-state index in [0.29, 0.717) is 11.8 Å². The van der Waals surface area contributed by atoms with Crippen molar-refractivity contribution >= 4 is 16.7 Å². The first-order valence-corrected chi connectivity index (χ1v) is 8.02. The minimum absolute atomic E-state index is 0.603. The maximum atomic E-state index is 5.19. The largest absolute Gasteiger partial charge is 0.481 e. The number of para-hydroxylation sites is 1. The van der Waals surface area contributed by atoms with E-state index in [9.17, 15) is 0 Å². The van der Waals surface area contributed by atoms with Crippen LogP contribution in [0.15, 0.2) is 42.9 Å². The van der Waals surface area contributed by atoms with Crippen molar-refractivity contribution in [2.75, 3.05) is 25.1 Å². The van der Waals surface area contributed by atoms with Gasteiger partial charge in [-0.25, -0.2) is 9.97 Å². The molecule has 3 aromatic rings. The highest BCUT2D eigenvalue weighted by Gasteiger charge is 2.23. The van der Waals surface area contributed by atoms with Crippen molar-refractivity contribution in [1.29, 1.82) is 0 Å². The molecule has 1 aromatic carbocycles. The van der Waals surface area contributed by atoms with E-state index in [0.717, 1.165) is 31.7 Å². The zero-order valence-electron chi connectivity index (χ0n) is 13.2. The fourth-order valence-electron chi connectivity index (χ4n) is 3.47. The van der Waals surface area contributed by atoms with Gasteiger partial charge in [-0.05, 0) is 30.4 Å². The molecule has 0 amide bonds. The lowest BCUT2D eigenvalue weighted by atomic mass is 9.89. The highest BCUT2D eigenvalue weighted by molar-refractivity contribution is 5.83. The lowest BCUT2D eigenvalue weighted by Crippen LogP contribution is -2.33. The van der Waals surface area contributed by atoms with Crippen molar-refractivity contribution in [1.82, 2.24) is 15.0 Å². The highest BCUT2D eigenvalue weighted by atomic mass is 16.5. The van der Waals surface area contributed by atoms with E-state index >= 15 is 0 Å². The topological polar surface area (TPSA) is 54.0 Å². The molecule has 3 heterocycles. The van der Waals surface area contributed by atoms with Gasteiger partial charge in [0.1, 0.15) is 12.1 Å². The number of anilines is 1. The van der Waals surface area contributed by atoms with E-state index < -0.39 is 0 Å². The molecule has 1 N–H and O–H groups in total. The van der Waals surface area contributed by atoms with Gasteiger partial charge in [0, 0.05) is 36.3 Å². The predicted octanol–water partition coefficient (Wildman–Crippen LogP) is 3.35. The van der Waals surface area contributed by atoms with E-state index in [-0.39, 0.29) is 0 Å². The van der Waals surface area contributed by atoms with Gasteiger partial charge in [-0.2, -0.15) is 0 Å². The predicted molar refractivity (Wildman–Crippen MR) is 91.1 cm³/mol. The third-order valence-electron chi connectivity index (χ3n) is 4.72. The Morgan fingerprint density at radius 3 is 2.83 bits per heavy atom. The van der Waals surface area contributed by atoms with Gasteiger partial charge in [-0.1, -0.05) is 18.2 Å². The molecule has 0 bridgehead atoms. The molecule has 5 heteroatoms. The smallest absolute Gasteiger partial charge is 0.218 e. The van der Waals surface area contributed by atoms with Crippen LogP contribution in [0.4, 0.5) is 5.82 Å². The number of methoxy groups -OCH3 is 1. The molecule has 5 nitrogen and oxygen atoms in total. The van der Waals surface area contributed by atoms with Gasteiger partial charge in [0.25, 0.3) is 0 Å². The summed E-state index contributed by atoms with van der Waals surface area (Å²) in [6, 6.07) is 10.5. The summed E-state index contributed by atoms with van der Waals surface area (Å²) in [6.45, 7) is 2.01. The quantitative estimate of drug-likeness (QED) is 0.806. The second-order valence-electron chi connectivity index (χ2n) is 5.97. The SMILES string of the molecule is COc1cc(N2CCC(c3c[nH]c4ccccc34)CC2)ncn1. The number of benzene rings is 1. The number of rotatable bonds is 3. The molecular weight excluding hydrogens is 288 g/mol. The molecule has 1 aliphatic rings. The fraction of sp³-hybridized carbons (Fsp3) is 0.333. The summed E-state index contributed by atoms with van der Waals surface area (Å²) < 4.78 is 5.19. The van der Waals surface area contributed by atoms with Crippen LogP contribution in [-0.2, 0) is 0 Å². The highest BCUT2D eigenvalue weighted by Crippen LogP contribution is 2.34. The van der Waals surface area contributed by atoms with Crippen LogP contribution >= 0.6 is 0 Å². The maximum Gasteiger partial charge on any atom is 0.218 e. The van der Waals surface area contributed by atoms with Gasteiger partial charge >= 0.3 is 0 Å². The second-order valence-corrected chi connectivity index (χ2v) is 5.97. The number of hydrogen-bond donors (Lipinski definition) is 1. The summed E-state index contributed by atoms with van der Waals surface area (Å²) in [5.41, 5.74) is 2.67. The van der Waals surface area contributed by atoms with Crippen molar-refractivity contribution in [3.8, 4) is 5.88 Å². The average molecular weight is 308 g/mol. The van der Waals surface area contributed by atoms with Crippen LogP contribution in [0.5, 0.6) is 5.88 Å². The van der Waals surface area contributed by atoms with E-state index in [1.54, 1.807) is 13.4 Å². The number of hydrogen-bond acceptors (Lipinski definition) is 4. The van der Waals surface area contributed by atoms with Crippen LogP contribution in [0.25, 0.3) is 10.9 Å². The number of piperidine rings is 1. The van der Waals surface area contributed by atoms with Gasteiger partial charge in [-0.15, -0.1) is 0 Å². The third kappa shape index (κ3) is 2.63. The van der Waals surface area contributed by atoms with E-state index in [1.165, 1.54) is 16.5 Å². The number of nitrogens with zero attached hydrogens (tertiary/aromatic N) is 3. The number of H-pyrrole nitrogens is 1. The van der Waals surface area contributed by atoms with Crippen LogP contribution in [0.1, 0.15) is 24.3 Å². The van der Waals surface area contributed by atoms with Crippen LogP contribution in [-0.4, -0.2) is 35.2 Å². The minimum atomic E-state index is 0.603. The van der Waals surface area contributed by atoms with Crippen molar-refractivity contribution in [3.05, 3.63) is 48.4 Å². The summed E-state index contributed by atoms with van der Waals surface area (Å²) in [5.74, 6) is 2.18. The monoisotopic (exact) mass is 308 g/mol. The van der Waals surface area contributed by atoms with E-state index in [2.05, 4.69) is 50.3 Å². The Balaban J connectivity index is 1.50. The lowest BCUT2D eigenvalue weighted by molar-refractivity contribution is 0.396. The number of fused-ring (bicyclic) bond motifs is 1. The molecule has 0 unspecified atom stereocenters. The Bertz CT molecular complexity index is 805. The summed E-state index contributed by atoms with van der Waals surface area (Å²) in [5, 5.41) is 1.36. The number of aromatic nitrogens is 3. The standard InChI is InChI=1S/C18H20N4O/c1-23-18-10-17(20-12-21-18)22-8-6-13(7-9-22)15-11-19-16-5-3-2-4-14(15)16/h2-5,10-13,19H,6-9H2,1H3. The Kier molecular flexibility index (Phi) is 3.61. The van der Waals surface area contributed by atoms with E-state index in [4.69, 9.17) is 4.74 Å². The lowest BCUT2D eigenvalue weighted by Gasteiger charge is -2.32. The Morgan fingerprint density at radius 2 is 2.00 bits per heavy atom. The summed E-state index contributed by atoms with van der Waals surface area (Å²) >= 11 is 0. The number of nitrogens with one attached hydrogen (secondary N) is 1. The van der Waals surface area contributed by atoms with Crippen LogP contribution < -0.4 is 9.64 Å². The fourth-order valence-corrected chi connectivity index (χ4v) is 3.47. The molecule has 0 atom stereocenters. The molecule has 0 saturated carbocycles. The van der Waals surface area contributed by atoms with Gasteiger partial charge in [0.2, 0.25) is 5.88 Å². The van der Waals surface area contributed by atoms with Crippen molar-refractivity contribution in [3.63, 3.8) is 0 Å². The molecule has 23 heavy (non-hydrogen) atoms. The van der Waals surface area contributed by atoms with Gasteiger partial charge in [0.05, 0.1) is 7.11 Å². The normalized spacial score (nSPS) is 16.0. The molecule has 1 fully saturated rings. The third-order valence-corrected chi connectivity index (χ3v) is 4.72.